The molecule has 3 rings (SSSR count). The minimum atomic E-state index is 0.205. The monoisotopic (exact) mass is 262 g/mol. The van der Waals surface area contributed by atoms with E-state index in [1.165, 1.54) is 38.5 Å². The number of carbonyl (C=O) groups excluding carboxylic acids is 1. The molecule has 0 aliphatic heterocycles. The molecule has 2 saturated carbocycles. The van der Waals surface area contributed by atoms with Crippen LogP contribution < -0.4 is 11.1 Å². The third-order valence-electron chi connectivity index (χ3n) is 5.42. The normalized spacial score (nSPS) is 35.5. The summed E-state index contributed by atoms with van der Waals surface area (Å²) < 4.78 is 0. The first kappa shape index (κ1) is 13.2. The molecule has 3 nitrogen and oxygen atoms in total. The van der Waals surface area contributed by atoms with Gasteiger partial charge in [0.15, 0.2) is 0 Å². The van der Waals surface area contributed by atoms with E-state index in [1.807, 2.05) is 0 Å². The lowest BCUT2D eigenvalue weighted by Gasteiger charge is -2.31. The number of nitrogens with two attached hydrogens (primary N) is 1. The summed E-state index contributed by atoms with van der Waals surface area (Å²) >= 11 is 0. The molecule has 4 atom stereocenters. The average Bonchev–Trinajstić information content (AvgIpc) is 3.08. The van der Waals surface area contributed by atoms with Crippen molar-refractivity contribution in [2.45, 2.75) is 51.0 Å². The number of hydrogen-bond donors (Lipinski definition) is 2. The lowest BCUT2D eigenvalue weighted by atomic mass is 9.83. The van der Waals surface area contributed by atoms with Crippen molar-refractivity contribution < 1.29 is 4.79 Å². The van der Waals surface area contributed by atoms with Crippen LogP contribution in [0.5, 0.6) is 0 Å². The minimum absolute atomic E-state index is 0.205. The van der Waals surface area contributed by atoms with E-state index in [2.05, 4.69) is 17.5 Å². The number of carbonyl (C=O) groups is 1. The third-order valence-corrected chi connectivity index (χ3v) is 5.42. The molecule has 0 aromatic carbocycles. The Balaban J connectivity index is 1.56. The van der Waals surface area contributed by atoms with Gasteiger partial charge in [-0.3, -0.25) is 4.79 Å². The molecular weight excluding hydrogens is 236 g/mol. The summed E-state index contributed by atoms with van der Waals surface area (Å²) in [6.45, 7) is 0.590. The molecule has 0 saturated heterocycles. The minimum Gasteiger partial charge on any atom is -0.352 e. The molecule has 106 valence electrons. The molecule has 4 unspecified atom stereocenters. The van der Waals surface area contributed by atoms with Crippen LogP contribution in [0.25, 0.3) is 0 Å². The first-order valence-electron chi connectivity index (χ1n) is 7.96. The van der Waals surface area contributed by atoms with Crippen LogP contribution in [-0.4, -0.2) is 18.5 Å². The van der Waals surface area contributed by atoms with Gasteiger partial charge in [-0.2, -0.15) is 0 Å². The lowest BCUT2D eigenvalue weighted by molar-refractivity contribution is -0.126. The van der Waals surface area contributed by atoms with Crippen molar-refractivity contribution in [1.82, 2.24) is 5.32 Å². The van der Waals surface area contributed by atoms with E-state index in [9.17, 15) is 4.79 Å². The van der Waals surface area contributed by atoms with E-state index >= 15 is 0 Å². The standard InChI is InChI=1S/C16H26N2O/c17-10-15(12-4-2-1-3-5-12)18-16(19)14-9-11-6-7-13(14)8-11/h6-7,11-15H,1-5,8-10,17H2,(H,18,19). The van der Waals surface area contributed by atoms with E-state index in [-0.39, 0.29) is 17.9 Å². The maximum atomic E-state index is 12.4. The highest BCUT2D eigenvalue weighted by Crippen LogP contribution is 2.43. The molecular formula is C16H26N2O. The van der Waals surface area contributed by atoms with Crippen molar-refractivity contribution in [3.05, 3.63) is 12.2 Å². The van der Waals surface area contributed by atoms with Gasteiger partial charge in [0, 0.05) is 18.5 Å². The van der Waals surface area contributed by atoms with Crippen molar-refractivity contribution in [1.29, 1.82) is 0 Å². The number of hydrogen-bond acceptors (Lipinski definition) is 2. The quantitative estimate of drug-likeness (QED) is 0.763. The van der Waals surface area contributed by atoms with Crippen LogP contribution in [0.15, 0.2) is 12.2 Å². The Morgan fingerprint density at radius 1 is 1.21 bits per heavy atom. The van der Waals surface area contributed by atoms with Gasteiger partial charge in [0.25, 0.3) is 0 Å². The van der Waals surface area contributed by atoms with Gasteiger partial charge in [-0.25, -0.2) is 0 Å². The van der Waals surface area contributed by atoms with E-state index < -0.39 is 0 Å². The number of allylic oxidation sites excluding steroid dienone is 2. The molecule has 3 aliphatic rings. The van der Waals surface area contributed by atoms with E-state index in [0.717, 1.165) is 6.42 Å². The van der Waals surface area contributed by atoms with Crippen LogP contribution in [0.1, 0.15) is 44.9 Å². The highest BCUT2D eigenvalue weighted by Gasteiger charge is 2.40. The van der Waals surface area contributed by atoms with Gasteiger partial charge < -0.3 is 11.1 Å². The van der Waals surface area contributed by atoms with Crippen molar-refractivity contribution in [3.63, 3.8) is 0 Å². The number of fused-ring (bicyclic) bond motifs is 2. The molecule has 3 N–H and O–H groups in total. The molecule has 0 spiro atoms. The summed E-state index contributed by atoms with van der Waals surface area (Å²) in [6, 6.07) is 0.205. The van der Waals surface area contributed by atoms with E-state index in [4.69, 9.17) is 5.73 Å². The summed E-state index contributed by atoms with van der Waals surface area (Å²) in [4.78, 5) is 12.4. The van der Waals surface area contributed by atoms with Crippen LogP contribution in [0.2, 0.25) is 0 Å². The summed E-state index contributed by atoms with van der Waals surface area (Å²) in [6.07, 6.45) is 13.2. The fourth-order valence-corrected chi connectivity index (χ4v) is 4.28. The zero-order valence-electron chi connectivity index (χ0n) is 11.7. The predicted octanol–water partition coefficient (Wildman–Crippen LogP) is 2.22. The maximum absolute atomic E-state index is 12.4. The maximum Gasteiger partial charge on any atom is 0.223 e. The molecule has 19 heavy (non-hydrogen) atoms. The van der Waals surface area contributed by atoms with Crippen molar-refractivity contribution in [3.8, 4) is 0 Å². The highest BCUT2D eigenvalue weighted by molar-refractivity contribution is 5.80. The molecule has 1 amide bonds. The summed E-state index contributed by atoms with van der Waals surface area (Å²) in [5.74, 6) is 2.24. The molecule has 0 aromatic rings. The van der Waals surface area contributed by atoms with Gasteiger partial charge in [-0.15, -0.1) is 0 Å². The van der Waals surface area contributed by atoms with Crippen LogP contribution in [0.4, 0.5) is 0 Å². The second kappa shape index (κ2) is 5.66. The van der Waals surface area contributed by atoms with Gasteiger partial charge in [-0.1, -0.05) is 31.4 Å². The van der Waals surface area contributed by atoms with Gasteiger partial charge in [-0.05, 0) is 43.4 Å². The Labute approximate surface area is 116 Å². The number of amides is 1. The first-order chi connectivity index (χ1) is 9.28. The number of rotatable bonds is 4. The second-order valence-corrected chi connectivity index (χ2v) is 6.64. The third kappa shape index (κ3) is 2.71. The summed E-state index contributed by atoms with van der Waals surface area (Å²) in [7, 11) is 0. The Kier molecular flexibility index (Phi) is 3.92. The molecule has 0 radical (unpaired) electrons. The zero-order valence-corrected chi connectivity index (χ0v) is 11.7. The fourth-order valence-electron chi connectivity index (χ4n) is 4.28. The van der Waals surface area contributed by atoms with Gasteiger partial charge in [0.2, 0.25) is 5.91 Å². The van der Waals surface area contributed by atoms with E-state index in [1.54, 1.807) is 0 Å². The molecule has 2 fully saturated rings. The topological polar surface area (TPSA) is 55.1 Å². The fraction of sp³-hybridized carbons (Fsp3) is 0.812. The van der Waals surface area contributed by atoms with Crippen molar-refractivity contribution in [2.75, 3.05) is 6.54 Å². The largest absolute Gasteiger partial charge is 0.352 e. The van der Waals surface area contributed by atoms with E-state index in [0.29, 0.717) is 24.3 Å². The Hall–Kier alpha value is -0.830. The average molecular weight is 262 g/mol. The Bertz CT molecular complexity index is 360. The van der Waals surface area contributed by atoms with Gasteiger partial charge >= 0.3 is 0 Å². The predicted molar refractivity (Wildman–Crippen MR) is 76.4 cm³/mol. The van der Waals surface area contributed by atoms with Crippen LogP contribution >= 0.6 is 0 Å². The summed E-state index contributed by atoms with van der Waals surface area (Å²) in [5, 5.41) is 3.27. The molecule has 0 heterocycles. The zero-order chi connectivity index (χ0) is 13.2. The summed E-state index contributed by atoms with van der Waals surface area (Å²) in [5.41, 5.74) is 5.90. The van der Waals surface area contributed by atoms with Crippen molar-refractivity contribution >= 4 is 5.91 Å². The Morgan fingerprint density at radius 2 is 2.00 bits per heavy atom. The lowest BCUT2D eigenvalue weighted by Crippen LogP contribution is -2.48. The van der Waals surface area contributed by atoms with Gasteiger partial charge in [0.05, 0.1) is 0 Å². The SMILES string of the molecule is NCC(NC(=O)C1CC2C=CC1C2)C1CCCCC1. The van der Waals surface area contributed by atoms with Crippen LogP contribution in [-0.2, 0) is 4.79 Å². The van der Waals surface area contributed by atoms with Crippen molar-refractivity contribution in [2.24, 2.45) is 29.4 Å². The molecule has 3 aliphatic carbocycles. The first-order valence-corrected chi connectivity index (χ1v) is 7.96. The Morgan fingerprint density at radius 3 is 2.58 bits per heavy atom. The second-order valence-electron chi connectivity index (χ2n) is 6.64. The molecule has 3 heteroatoms. The van der Waals surface area contributed by atoms with Crippen LogP contribution in [0.3, 0.4) is 0 Å². The van der Waals surface area contributed by atoms with Crippen LogP contribution in [0, 0.1) is 23.7 Å². The highest BCUT2D eigenvalue weighted by atomic mass is 16.2. The molecule has 0 aromatic heterocycles. The molecule has 2 bridgehead atoms. The van der Waals surface area contributed by atoms with Gasteiger partial charge in [0.1, 0.15) is 0 Å². The smallest absolute Gasteiger partial charge is 0.223 e. The number of nitrogens with one attached hydrogen (secondary N) is 1.